The third-order valence-corrected chi connectivity index (χ3v) is 4.85. The molecule has 0 amide bonds. The van der Waals surface area contributed by atoms with Gasteiger partial charge in [0.2, 0.25) is 0 Å². The van der Waals surface area contributed by atoms with Gasteiger partial charge in [0.05, 0.1) is 23.6 Å². The third-order valence-electron chi connectivity index (χ3n) is 4.85. The van der Waals surface area contributed by atoms with Crippen molar-refractivity contribution in [2.75, 3.05) is 0 Å². The summed E-state index contributed by atoms with van der Waals surface area (Å²) in [6.07, 6.45) is 6.59. The summed E-state index contributed by atoms with van der Waals surface area (Å²) < 4.78 is 6.06. The number of ether oxygens (including phenoxy) is 1. The molecule has 4 nitrogen and oxygen atoms in total. The van der Waals surface area contributed by atoms with E-state index < -0.39 is 0 Å². The number of fused-ring (bicyclic) bond motifs is 1. The van der Waals surface area contributed by atoms with Crippen molar-refractivity contribution in [3.05, 3.63) is 64.4 Å². The van der Waals surface area contributed by atoms with Crippen LogP contribution in [0.4, 0.5) is 0 Å². The third kappa shape index (κ3) is 3.64. The first-order valence-electron chi connectivity index (χ1n) is 8.99. The van der Waals surface area contributed by atoms with Gasteiger partial charge in [0.1, 0.15) is 5.82 Å². The van der Waals surface area contributed by atoms with Crippen LogP contribution in [0.25, 0.3) is 22.3 Å². The maximum atomic E-state index is 12.3. The molecule has 0 spiro atoms. The average molecular weight is 334 g/mol. The van der Waals surface area contributed by atoms with Gasteiger partial charge in [-0.3, -0.25) is 4.79 Å². The number of hydrogen-bond acceptors (Lipinski definition) is 3. The largest absolute Gasteiger partial charge is 0.374 e. The second-order valence-electron chi connectivity index (χ2n) is 6.70. The minimum atomic E-state index is -0.107. The van der Waals surface area contributed by atoms with Gasteiger partial charge in [-0.25, -0.2) is 4.98 Å². The van der Waals surface area contributed by atoms with Crippen LogP contribution in [-0.2, 0) is 11.3 Å². The maximum Gasteiger partial charge on any atom is 0.259 e. The van der Waals surface area contributed by atoms with E-state index in [1.54, 1.807) is 6.07 Å². The van der Waals surface area contributed by atoms with E-state index in [1.165, 1.54) is 32.1 Å². The fourth-order valence-corrected chi connectivity index (χ4v) is 3.48. The first-order chi connectivity index (χ1) is 12.3. The van der Waals surface area contributed by atoms with E-state index in [-0.39, 0.29) is 5.56 Å². The van der Waals surface area contributed by atoms with Gasteiger partial charge in [0.25, 0.3) is 5.56 Å². The molecule has 0 saturated heterocycles. The molecule has 1 aliphatic rings. The van der Waals surface area contributed by atoms with Crippen molar-refractivity contribution < 1.29 is 4.74 Å². The number of para-hydroxylation sites is 1. The van der Waals surface area contributed by atoms with E-state index >= 15 is 0 Å². The topological polar surface area (TPSA) is 55.0 Å². The fraction of sp³-hybridized carbons (Fsp3) is 0.333. The van der Waals surface area contributed by atoms with Crippen LogP contribution in [0.2, 0.25) is 0 Å². The number of benzene rings is 2. The van der Waals surface area contributed by atoms with Crippen molar-refractivity contribution in [1.82, 2.24) is 9.97 Å². The minimum Gasteiger partial charge on any atom is -0.374 e. The van der Waals surface area contributed by atoms with Gasteiger partial charge in [-0.05, 0) is 36.6 Å². The predicted molar refractivity (Wildman–Crippen MR) is 99.5 cm³/mol. The molecule has 1 saturated carbocycles. The average Bonchev–Trinajstić information content (AvgIpc) is 2.67. The number of aromatic amines is 1. The van der Waals surface area contributed by atoms with Crippen molar-refractivity contribution in [2.24, 2.45) is 0 Å². The Morgan fingerprint density at radius 1 is 1.04 bits per heavy atom. The molecule has 2 aromatic carbocycles. The maximum absolute atomic E-state index is 12.3. The Kier molecular flexibility index (Phi) is 4.61. The zero-order valence-corrected chi connectivity index (χ0v) is 14.2. The van der Waals surface area contributed by atoms with E-state index in [4.69, 9.17) is 4.74 Å². The van der Waals surface area contributed by atoms with Crippen LogP contribution in [0.3, 0.4) is 0 Å². The van der Waals surface area contributed by atoms with Gasteiger partial charge in [-0.2, -0.15) is 0 Å². The summed E-state index contributed by atoms with van der Waals surface area (Å²) in [5.74, 6) is 0.600. The molecule has 0 atom stereocenters. The molecule has 4 rings (SSSR count). The van der Waals surface area contributed by atoms with Gasteiger partial charge >= 0.3 is 0 Å². The normalized spacial score (nSPS) is 15.5. The predicted octanol–water partition coefficient (Wildman–Crippen LogP) is 4.44. The monoisotopic (exact) mass is 334 g/mol. The lowest BCUT2D eigenvalue weighted by atomic mass is 9.98. The second kappa shape index (κ2) is 7.19. The molecule has 1 fully saturated rings. The summed E-state index contributed by atoms with van der Waals surface area (Å²) in [6, 6.07) is 15.5. The zero-order chi connectivity index (χ0) is 17.1. The fourth-order valence-electron chi connectivity index (χ4n) is 3.48. The van der Waals surface area contributed by atoms with Gasteiger partial charge in [-0.1, -0.05) is 49.6 Å². The molecular formula is C21H22N2O2. The highest BCUT2D eigenvalue weighted by atomic mass is 16.5. The Balaban J connectivity index is 1.57. The van der Waals surface area contributed by atoms with Gasteiger partial charge in [0.15, 0.2) is 0 Å². The lowest BCUT2D eigenvalue weighted by Crippen LogP contribution is -2.16. The highest BCUT2D eigenvalue weighted by Gasteiger charge is 2.14. The molecule has 1 heterocycles. The molecule has 0 aliphatic heterocycles. The summed E-state index contributed by atoms with van der Waals surface area (Å²) in [5.41, 5.74) is 2.63. The molecule has 25 heavy (non-hydrogen) atoms. The van der Waals surface area contributed by atoms with Crippen LogP contribution in [0.5, 0.6) is 0 Å². The Morgan fingerprint density at radius 3 is 2.76 bits per heavy atom. The molecule has 1 aromatic heterocycles. The van der Waals surface area contributed by atoms with E-state index in [9.17, 15) is 4.79 Å². The van der Waals surface area contributed by atoms with Crippen LogP contribution in [0, 0.1) is 0 Å². The van der Waals surface area contributed by atoms with Crippen LogP contribution >= 0.6 is 0 Å². The van der Waals surface area contributed by atoms with E-state index in [1.807, 2.05) is 30.3 Å². The van der Waals surface area contributed by atoms with Crippen LogP contribution < -0.4 is 5.56 Å². The number of rotatable bonds is 4. The Labute approximate surface area is 146 Å². The summed E-state index contributed by atoms with van der Waals surface area (Å²) in [4.78, 5) is 19.8. The van der Waals surface area contributed by atoms with Crippen molar-refractivity contribution in [2.45, 2.75) is 44.8 Å². The molecule has 0 radical (unpaired) electrons. The highest BCUT2D eigenvalue weighted by Crippen LogP contribution is 2.23. The standard InChI is InChI=1S/C21H22N2O2/c24-21-18-11-4-5-12-19(18)22-20(23-21)16-8-6-7-15(13-16)14-25-17-9-2-1-3-10-17/h4-8,11-13,17H,1-3,9-10,14H2,(H,22,23,24). The zero-order valence-electron chi connectivity index (χ0n) is 14.2. The Morgan fingerprint density at radius 2 is 1.88 bits per heavy atom. The summed E-state index contributed by atoms with van der Waals surface area (Å²) in [7, 11) is 0. The molecule has 128 valence electrons. The smallest absolute Gasteiger partial charge is 0.259 e. The van der Waals surface area contributed by atoms with Gasteiger partial charge in [0, 0.05) is 5.56 Å². The van der Waals surface area contributed by atoms with E-state index in [2.05, 4.69) is 22.1 Å². The number of hydrogen-bond donors (Lipinski definition) is 1. The quantitative estimate of drug-likeness (QED) is 0.767. The van der Waals surface area contributed by atoms with Gasteiger partial charge in [-0.15, -0.1) is 0 Å². The number of H-pyrrole nitrogens is 1. The highest BCUT2D eigenvalue weighted by molar-refractivity contribution is 5.79. The number of aromatic nitrogens is 2. The Hall–Kier alpha value is -2.46. The van der Waals surface area contributed by atoms with Crippen molar-refractivity contribution in [1.29, 1.82) is 0 Å². The Bertz CT molecular complexity index is 926. The molecule has 0 bridgehead atoms. The molecule has 0 unspecified atom stereocenters. The molecular weight excluding hydrogens is 312 g/mol. The van der Waals surface area contributed by atoms with Crippen molar-refractivity contribution >= 4 is 10.9 Å². The summed E-state index contributed by atoms with van der Waals surface area (Å²) >= 11 is 0. The molecule has 1 N–H and O–H groups in total. The summed E-state index contributed by atoms with van der Waals surface area (Å²) in [6.45, 7) is 0.607. The molecule has 4 heteroatoms. The van der Waals surface area contributed by atoms with Gasteiger partial charge < -0.3 is 9.72 Å². The van der Waals surface area contributed by atoms with Crippen molar-refractivity contribution in [3.63, 3.8) is 0 Å². The van der Waals surface area contributed by atoms with Crippen LogP contribution in [-0.4, -0.2) is 16.1 Å². The SMILES string of the molecule is O=c1[nH]c(-c2cccc(COC3CCCCC3)c2)nc2ccccc12. The lowest BCUT2D eigenvalue weighted by molar-refractivity contribution is 0.0169. The van der Waals surface area contributed by atoms with E-state index in [0.717, 1.165) is 11.1 Å². The van der Waals surface area contributed by atoms with Crippen molar-refractivity contribution in [3.8, 4) is 11.4 Å². The number of nitrogens with zero attached hydrogens (tertiary/aromatic N) is 1. The molecule has 1 aliphatic carbocycles. The summed E-state index contributed by atoms with van der Waals surface area (Å²) in [5, 5.41) is 0.614. The second-order valence-corrected chi connectivity index (χ2v) is 6.70. The minimum absolute atomic E-state index is 0.107. The van der Waals surface area contributed by atoms with E-state index in [0.29, 0.717) is 29.4 Å². The number of nitrogens with one attached hydrogen (secondary N) is 1. The van der Waals surface area contributed by atoms with Crippen LogP contribution in [0.1, 0.15) is 37.7 Å². The van der Waals surface area contributed by atoms with Crippen LogP contribution in [0.15, 0.2) is 53.3 Å². The first-order valence-corrected chi connectivity index (χ1v) is 8.99. The lowest BCUT2D eigenvalue weighted by Gasteiger charge is -2.22. The molecule has 3 aromatic rings. The first kappa shape index (κ1) is 16.0.